The summed E-state index contributed by atoms with van der Waals surface area (Å²) in [5.74, 6) is 0.197. The van der Waals surface area contributed by atoms with E-state index in [1.807, 2.05) is 35.8 Å². The smallest absolute Gasteiger partial charge is 0.259 e. The SMILES string of the molecule is CCn1cc(C(=O)N2C[C@H]3C[C@@H]2CO3)c(=O)c2nc(OC3Cc4ccccc4C3)ccc21. The molecule has 0 unspecified atom stereocenters. The Labute approximate surface area is 185 Å². The van der Waals surface area contributed by atoms with Crippen molar-refractivity contribution in [2.45, 2.75) is 51.0 Å². The Hall–Kier alpha value is -3.19. The van der Waals surface area contributed by atoms with Gasteiger partial charge in [0.1, 0.15) is 17.2 Å². The maximum Gasteiger partial charge on any atom is 0.259 e. The van der Waals surface area contributed by atoms with E-state index in [1.54, 1.807) is 11.1 Å². The highest BCUT2D eigenvalue weighted by molar-refractivity contribution is 5.97. The summed E-state index contributed by atoms with van der Waals surface area (Å²) in [5.41, 5.74) is 3.42. The number of carbonyl (C=O) groups excluding carboxylic acids is 1. The lowest BCUT2D eigenvalue weighted by Gasteiger charge is -2.27. The molecule has 2 aliphatic heterocycles. The summed E-state index contributed by atoms with van der Waals surface area (Å²) < 4.78 is 13.7. The number of fused-ring (bicyclic) bond motifs is 4. The largest absolute Gasteiger partial charge is 0.474 e. The molecule has 2 aromatic heterocycles. The molecule has 7 heteroatoms. The Morgan fingerprint density at radius 1 is 1.19 bits per heavy atom. The number of morpholine rings is 1. The van der Waals surface area contributed by atoms with E-state index < -0.39 is 0 Å². The minimum atomic E-state index is -0.335. The number of aromatic nitrogens is 2. The molecule has 1 aliphatic carbocycles. The molecule has 1 aromatic carbocycles. The summed E-state index contributed by atoms with van der Waals surface area (Å²) in [6.07, 6.45) is 4.26. The summed E-state index contributed by atoms with van der Waals surface area (Å²) in [4.78, 5) is 33.0. The molecule has 0 saturated carbocycles. The molecule has 3 aromatic rings. The normalized spacial score (nSPS) is 22.0. The molecule has 0 spiro atoms. The van der Waals surface area contributed by atoms with E-state index in [4.69, 9.17) is 9.47 Å². The van der Waals surface area contributed by atoms with Gasteiger partial charge in [-0.25, -0.2) is 4.98 Å². The zero-order valence-corrected chi connectivity index (χ0v) is 18.0. The van der Waals surface area contributed by atoms with E-state index in [2.05, 4.69) is 17.1 Å². The van der Waals surface area contributed by atoms with Crippen molar-refractivity contribution in [1.82, 2.24) is 14.5 Å². The van der Waals surface area contributed by atoms with Crippen LogP contribution in [0.3, 0.4) is 0 Å². The molecular weight excluding hydrogens is 406 g/mol. The molecule has 2 fully saturated rings. The number of nitrogens with zero attached hydrogens (tertiary/aromatic N) is 3. The molecule has 2 saturated heterocycles. The predicted molar refractivity (Wildman–Crippen MR) is 119 cm³/mol. The molecule has 4 heterocycles. The van der Waals surface area contributed by atoms with Gasteiger partial charge in [0.25, 0.3) is 5.91 Å². The lowest BCUT2D eigenvalue weighted by atomic mass is 10.1. The molecule has 3 aliphatic rings. The molecule has 0 radical (unpaired) electrons. The van der Waals surface area contributed by atoms with Crippen LogP contribution in [0.2, 0.25) is 0 Å². The third-order valence-electron chi connectivity index (χ3n) is 6.94. The lowest BCUT2D eigenvalue weighted by Crippen LogP contribution is -2.43. The zero-order chi connectivity index (χ0) is 21.8. The summed E-state index contributed by atoms with van der Waals surface area (Å²) in [5, 5.41) is 0. The Balaban J connectivity index is 1.34. The first-order chi connectivity index (χ1) is 15.6. The van der Waals surface area contributed by atoms with E-state index in [0.29, 0.717) is 31.1 Å². The number of pyridine rings is 2. The maximum absolute atomic E-state index is 13.4. The number of ether oxygens (including phenoxy) is 2. The quantitative estimate of drug-likeness (QED) is 0.635. The Morgan fingerprint density at radius 2 is 1.97 bits per heavy atom. The van der Waals surface area contributed by atoms with Gasteiger partial charge in [0.15, 0.2) is 0 Å². The minimum absolute atomic E-state index is 0.00397. The van der Waals surface area contributed by atoms with Gasteiger partial charge in [-0.3, -0.25) is 9.59 Å². The van der Waals surface area contributed by atoms with Crippen molar-refractivity contribution in [1.29, 1.82) is 0 Å². The maximum atomic E-state index is 13.4. The third-order valence-corrected chi connectivity index (χ3v) is 6.94. The van der Waals surface area contributed by atoms with Crippen molar-refractivity contribution in [3.8, 4) is 5.88 Å². The first kappa shape index (κ1) is 19.5. The van der Waals surface area contributed by atoms with Crippen LogP contribution in [-0.4, -0.2) is 51.8 Å². The number of aryl methyl sites for hydroxylation is 1. The number of amides is 1. The second kappa shape index (κ2) is 7.45. The number of hydrogen-bond acceptors (Lipinski definition) is 5. The molecule has 1 amide bonds. The van der Waals surface area contributed by atoms with Gasteiger partial charge >= 0.3 is 0 Å². The second-order valence-electron chi connectivity index (χ2n) is 8.89. The van der Waals surface area contributed by atoms with Gasteiger partial charge in [-0.05, 0) is 30.5 Å². The summed E-state index contributed by atoms with van der Waals surface area (Å²) in [6.45, 7) is 3.72. The van der Waals surface area contributed by atoms with Crippen LogP contribution in [0, 0.1) is 0 Å². The highest BCUT2D eigenvalue weighted by atomic mass is 16.5. The van der Waals surface area contributed by atoms with Crippen molar-refractivity contribution >= 4 is 16.9 Å². The fourth-order valence-electron chi connectivity index (χ4n) is 5.30. The molecule has 6 rings (SSSR count). The van der Waals surface area contributed by atoms with Crippen LogP contribution in [0.1, 0.15) is 34.8 Å². The molecule has 0 N–H and O–H groups in total. The number of likely N-dealkylation sites (tertiary alicyclic amines) is 1. The van der Waals surface area contributed by atoms with Crippen molar-refractivity contribution in [2.75, 3.05) is 13.2 Å². The van der Waals surface area contributed by atoms with E-state index in [0.717, 1.165) is 19.3 Å². The first-order valence-corrected chi connectivity index (χ1v) is 11.3. The third kappa shape index (κ3) is 3.11. The molecule has 2 atom stereocenters. The summed E-state index contributed by atoms with van der Waals surface area (Å²) >= 11 is 0. The zero-order valence-electron chi connectivity index (χ0n) is 18.0. The van der Waals surface area contributed by atoms with E-state index >= 15 is 0 Å². The van der Waals surface area contributed by atoms with Crippen LogP contribution in [0.15, 0.2) is 47.4 Å². The number of hydrogen-bond donors (Lipinski definition) is 0. The highest BCUT2D eigenvalue weighted by Crippen LogP contribution is 2.29. The van der Waals surface area contributed by atoms with Gasteiger partial charge in [0.2, 0.25) is 11.3 Å². The Morgan fingerprint density at radius 3 is 2.62 bits per heavy atom. The van der Waals surface area contributed by atoms with Crippen LogP contribution in [0.4, 0.5) is 0 Å². The van der Waals surface area contributed by atoms with Gasteiger partial charge in [-0.1, -0.05) is 24.3 Å². The van der Waals surface area contributed by atoms with Gasteiger partial charge < -0.3 is 18.9 Å². The topological polar surface area (TPSA) is 73.7 Å². The standard InChI is InChI=1S/C25H25N3O4/c1-2-27-13-20(25(30)28-12-19-11-17(28)14-31-19)24(29)23-21(27)7-8-22(26-23)32-18-9-15-5-3-4-6-16(15)10-18/h3-8,13,17-19H,2,9-12,14H2,1H3/t17-,19-/m1/s1. The van der Waals surface area contributed by atoms with Crippen molar-refractivity contribution in [3.63, 3.8) is 0 Å². The molecular formula is C25H25N3O4. The van der Waals surface area contributed by atoms with E-state index in [1.165, 1.54) is 11.1 Å². The number of rotatable bonds is 4. The van der Waals surface area contributed by atoms with Crippen LogP contribution in [0.5, 0.6) is 5.88 Å². The van der Waals surface area contributed by atoms with Gasteiger partial charge in [0.05, 0.1) is 24.3 Å². The first-order valence-electron chi connectivity index (χ1n) is 11.3. The van der Waals surface area contributed by atoms with Crippen LogP contribution in [-0.2, 0) is 24.1 Å². The summed E-state index contributed by atoms with van der Waals surface area (Å²) in [7, 11) is 0. The number of carbonyl (C=O) groups is 1. The number of benzene rings is 1. The van der Waals surface area contributed by atoms with Gasteiger partial charge in [-0.2, -0.15) is 0 Å². The Kier molecular flexibility index (Phi) is 4.54. The molecule has 32 heavy (non-hydrogen) atoms. The van der Waals surface area contributed by atoms with Gasteiger partial charge in [0, 0.05) is 38.2 Å². The molecule has 164 valence electrons. The summed E-state index contributed by atoms with van der Waals surface area (Å²) in [6, 6.07) is 12.1. The predicted octanol–water partition coefficient (Wildman–Crippen LogP) is 2.58. The van der Waals surface area contributed by atoms with Gasteiger partial charge in [-0.15, -0.1) is 0 Å². The average molecular weight is 431 g/mol. The second-order valence-corrected chi connectivity index (χ2v) is 8.89. The van der Waals surface area contributed by atoms with Crippen molar-refractivity contribution < 1.29 is 14.3 Å². The highest BCUT2D eigenvalue weighted by Gasteiger charge is 2.42. The molecule has 2 bridgehead atoms. The van der Waals surface area contributed by atoms with Crippen molar-refractivity contribution in [2.24, 2.45) is 0 Å². The fraction of sp³-hybridized carbons (Fsp3) is 0.400. The lowest BCUT2D eigenvalue weighted by molar-refractivity contribution is 0.0258. The minimum Gasteiger partial charge on any atom is -0.474 e. The van der Waals surface area contributed by atoms with Crippen molar-refractivity contribution in [3.05, 3.63) is 69.5 Å². The average Bonchev–Trinajstić information content (AvgIpc) is 3.54. The Bertz CT molecular complexity index is 1260. The van der Waals surface area contributed by atoms with Crippen LogP contribution < -0.4 is 10.2 Å². The van der Waals surface area contributed by atoms with Crippen LogP contribution in [0.25, 0.3) is 11.0 Å². The van der Waals surface area contributed by atoms with E-state index in [-0.39, 0.29) is 40.7 Å². The molecule has 7 nitrogen and oxygen atoms in total. The van der Waals surface area contributed by atoms with E-state index in [9.17, 15) is 9.59 Å². The van der Waals surface area contributed by atoms with Crippen LogP contribution >= 0.6 is 0 Å². The fourth-order valence-corrected chi connectivity index (χ4v) is 5.30. The monoisotopic (exact) mass is 431 g/mol.